The molecule has 6 nitrogen and oxygen atoms in total. The Labute approximate surface area is 206 Å². The van der Waals surface area contributed by atoms with Gasteiger partial charge in [0.05, 0.1) is 0 Å². The fourth-order valence-corrected chi connectivity index (χ4v) is 3.96. The van der Waals surface area contributed by atoms with E-state index in [4.69, 9.17) is 21.1 Å². The van der Waals surface area contributed by atoms with E-state index in [2.05, 4.69) is 9.88 Å². The molecule has 1 fully saturated rings. The summed E-state index contributed by atoms with van der Waals surface area (Å²) in [6.45, 7) is 8.65. The van der Waals surface area contributed by atoms with Gasteiger partial charge in [-0.1, -0.05) is 41.9 Å². The Morgan fingerprint density at radius 2 is 1.74 bits per heavy atom. The number of carbonyl (C=O) groups excluding carboxylic acids is 1. The van der Waals surface area contributed by atoms with Crippen LogP contribution < -0.4 is 9.64 Å². The van der Waals surface area contributed by atoms with Crippen molar-refractivity contribution in [2.24, 2.45) is 0 Å². The quantitative estimate of drug-likeness (QED) is 0.446. The minimum absolute atomic E-state index is 0.270. The molecule has 2 aromatic carbocycles. The average Bonchev–Trinajstić information content (AvgIpc) is 2.83. The standard InChI is InChI=1S/C27H30ClN3O3/c1-27(2,3)34-26(32)31-15-13-30(14-16-31)25-17-21(11-12-29-25)23-18-22(28)9-10-24(23)33-19-20-7-5-4-6-8-20/h4-12,17-18H,13-16,19H2,1-3H3. The van der Waals surface area contributed by atoms with Crippen LogP contribution in [0.1, 0.15) is 26.3 Å². The van der Waals surface area contributed by atoms with E-state index in [-0.39, 0.29) is 6.09 Å². The van der Waals surface area contributed by atoms with Gasteiger partial charge < -0.3 is 19.3 Å². The Kier molecular flexibility index (Phi) is 7.27. The molecular weight excluding hydrogens is 450 g/mol. The number of benzene rings is 2. The van der Waals surface area contributed by atoms with Gasteiger partial charge in [0.1, 0.15) is 23.8 Å². The van der Waals surface area contributed by atoms with Gasteiger partial charge in [-0.2, -0.15) is 0 Å². The third-order valence-electron chi connectivity index (χ3n) is 5.49. The number of piperazine rings is 1. The van der Waals surface area contributed by atoms with Crippen molar-refractivity contribution in [1.82, 2.24) is 9.88 Å². The summed E-state index contributed by atoms with van der Waals surface area (Å²) >= 11 is 6.33. The number of hydrogen-bond acceptors (Lipinski definition) is 5. The van der Waals surface area contributed by atoms with Gasteiger partial charge in [0, 0.05) is 43.0 Å². The summed E-state index contributed by atoms with van der Waals surface area (Å²) in [6, 6.07) is 19.7. The third kappa shape index (κ3) is 6.20. The van der Waals surface area contributed by atoms with Gasteiger partial charge in [0.15, 0.2) is 0 Å². The van der Waals surface area contributed by atoms with Crippen LogP contribution in [-0.4, -0.2) is 47.8 Å². The lowest BCUT2D eigenvalue weighted by Gasteiger charge is -2.36. The summed E-state index contributed by atoms with van der Waals surface area (Å²) in [5.41, 5.74) is 2.49. The van der Waals surface area contributed by atoms with Crippen LogP contribution in [0.25, 0.3) is 11.1 Å². The molecule has 0 atom stereocenters. The van der Waals surface area contributed by atoms with Crippen LogP contribution >= 0.6 is 11.6 Å². The molecule has 34 heavy (non-hydrogen) atoms. The first kappa shape index (κ1) is 23.9. The number of nitrogens with zero attached hydrogens (tertiary/aromatic N) is 3. The van der Waals surface area contributed by atoms with Crippen molar-refractivity contribution in [3.8, 4) is 16.9 Å². The molecule has 4 rings (SSSR count). The van der Waals surface area contributed by atoms with Crippen molar-refractivity contribution < 1.29 is 14.3 Å². The molecule has 1 aliphatic rings. The maximum atomic E-state index is 12.4. The Morgan fingerprint density at radius 3 is 2.44 bits per heavy atom. The summed E-state index contributed by atoms with van der Waals surface area (Å²) in [4.78, 5) is 20.9. The zero-order valence-corrected chi connectivity index (χ0v) is 20.6. The van der Waals surface area contributed by atoms with Gasteiger partial charge in [0.25, 0.3) is 0 Å². The van der Waals surface area contributed by atoms with E-state index in [9.17, 15) is 4.79 Å². The molecule has 0 radical (unpaired) electrons. The van der Waals surface area contributed by atoms with Gasteiger partial charge in [-0.3, -0.25) is 0 Å². The summed E-state index contributed by atoms with van der Waals surface area (Å²) in [7, 11) is 0. The first-order chi connectivity index (χ1) is 16.3. The second-order valence-corrected chi connectivity index (χ2v) is 9.71. The Balaban J connectivity index is 1.48. The zero-order valence-electron chi connectivity index (χ0n) is 19.8. The largest absolute Gasteiger partial charge is 0.488 e. The number of carbonyl (C=O) groups is 1. The summed E-state index contributed by atoms with van der Waals surface area (Å²) < 4.78 is 11.6. The molecule has 1 amide bonds. The molecule has 1 aromatic heterocycles. The normalized spacial score (nSPS) is 14.1. The van der Waals surface area contributed by atoms with E-state index in [0.29, 0.717) is 37.8 Å². The van der Waals surface area contributed by atoms with Gasteiger partial charge in [-0.05, 0) is 62.2 Å². The van der Waals surface area contributed by atoms with Crippen molar-refractivity contribution in [2.45, 2.75) is 33.0 Å². The number of ether oxygens (including phenoxy) is 2. The Morgan fingerprint density at radius 1 is 1.00 bits per heavy atom. The average molecular weight is 480 g/mol. The SMILES string of the molecule is CC(C)(C)OC(=O)N1CCN(c2cc(-c3cc(Cl)ccc3OCc3ccccc3)ccn2)CC1. The van der Waals surface area contributed by atoms with E-state index < -0.39 is 5.60 Å². The Bertz CT molecular complexity index is 1120. The van der Waals surface area contributed by atoms with Crippen LogP contribution in [0.5, 0.6) is 5.75 Å². The molecule has 1 aliphatic heterocycles. The first-order valence-electron chi connectivity index (χ1n) is 11.4. The number of rotatable bonds is 5. The monoisotopic (exact) mass is 479 g/mol. The molecule has 0 spiro atoms. The number of amides is 1. The first-order valence-corrected chi connectivity index (χ1v) is 11.8. The summed E-state index contributed by atoms with van der Waals surface area (Å²) in [5, 5.41) is 0.645. The predicted octanol–water partition coefficient (Wildman–Crippen LogP) is 6.04. The fraction of sp³-hybridized carbons (Fsp3) is 0.333. The lowest BCUT2D eigenvalue weighted by Crippen LogP contribution is -2.50. The fourth-order valence-electron chi connectivity index (χ4n) is 3.79. The van der Waals surface area contributed by atoms with Gasteiger partial charge in [-0.15, -0.1) is 0 Å². The molecule has 178 valence electrons. The van der Waals surface area contributed by atoms with Crippen LogP contribution in [0.3, 0.4) is 0 Å². The molecule has 2 heterocycles. The lowest BCUT2D eigenvalue weighted by atomic mass is 10.1. The van der Waals surface area contributed by atoms with Gasteiger partial charge >= 0.3 is 6.09 Å². The topological polar surface area (TPSA) is 54.9 Å². The second-order valence-electron chi connectivity index (χ2n) is 9.27. The van der Waals surface area contributed by atoms with E-state index >= 15 is 0 Å². The summed E-state index contributed by atoms with van der Waals surface area (Å²) in [5.74, 6) is 1.62. The lowest BCUT2D eigenvalue weighted by molar-refractivity contribution is 0.0240. The number of hydrogen-bond donors (Lipinski definition) is 0. The predicted molar refractivity (Wildman–Crippen MR) is 135 cm³/mol. The molecular formula is C27H30ClN3O3. The van der Waals surface area contributed by atoms with Crippen molar-refractivity contribution in [1.29, 1.82) is 0 Å². The molecule has 0 aliphatic carbocycles. The van der Waals surface area contributed by atoms with Crippen LogP contribution in [0.4, 0.5) is 10.6 Å². The molecule has 3 aromatic rings. The molecule has 7 heteroatoms. The van der Waals surface area contributed by atoms with Gasteiger partial charge in [0.2, 0.25) is 0 Å². The smallest absolute Gasteiger partial charge is 0.410 e. The zero-order chi connectivity index (χ0) is 24.1. The van der Waals surface area contributed by atoms with Crippen LogP contribution in [0.15, 0.2) is 66.9 Å². The third-order valence-corrected chi connectivity index (χ3v) is 5.73. The second kappa shape index (κ2) is 10.3. The van der Waals surface area contributed by atoms with Crippen LogP contribution in [0, 0.1) is 0 Å². The van der Waals surface area contributed by atoms with Crippen molar-refractivity contribution in [2.75, 3.05) is 31.1 Å². The van der Waals surface area contributed by atoms with Crippen molar-refractivity contribution in [3.05, 3.63) is 77.4 Å². The van der Waals surface area contributed by atoms with Crippen molar-refractivity contribution >= 4 is 23.5 Å². The highest BCUT2D eigenvalue weighted by molar-refractivity contribution is 6.31. The van der Waals surface area contributed by atoms with Crippen molar-refractivity contribution in [3.63, 3.8) is 0 Å². The van der Waals surface area contributed by atoms with E-state index in [1.807, 2.05) is 81.4 Å². The van der Waals surface area contributed by atoms with E-state index in [0.717, 1.165) is 28.3 Å². The van der Waals surface area contributed by atoms with E-state index in [1.54, 1.807) is 11.1 Å². The molecule has 0 unspecified atom stereocenters. The van der Waals surface area contributed by atoms with E-state index in [1.165, 1.54) is 0 Å². The summed E-state index contributed by atoms with van der Waals surface area (Å²) in [6.07, 6.45) is 1.53. The highest BCUT2D eigenvalue weighted by Gasteiger charge is 2.26. The highest BCUT2D eigenvalue weighted by Crippen LogP contribution is 2.34. The Hall–Kier alpha value is -3.25. The molecule has 0 saturated carbocycles. The number of halogens is 1. The number of anilines is 1. The van der Waals surface area contributed by atoms with Crippen LogP contribution in [-0.2, 0) is 11.3 Å². The van der Waals surface area contributed by atoms with Gasteiger partial charge in [-0.25, -0.2) is 9.78 Å². The molecule has 1 saturated heterocycles. The maximum Gasteiger partial charge on any atom is 0.410 e. The minimum atomic E-state index is -0.499. The number of pyridine rings is 1. The number of aromatic nitrogens is 1. The van der Waals surface area contributed by atoms with Crippen LogP contribution in [0.2, 0.25) is 5.02 Å². The molecule has 0 N–H and O–H groups in total. The maximum absolute atomic E-state index is 12.4. The highest BCUT2D eigenvalue weighted by atomic mass is 35.5. The minimum Gasteiger partial charge on any atom is -0.488 e. The molecule has 0 bridgehead atoms.